The van der Waals surface area contributed by atoms with Crippen molar-refractivity contribution in [3.8, 4) is 0 Å². The Balaban J connectivity index is 1.78. The van der Waals surface area contributed by atoms with Crippen molar-refractivity contribution in [2.75, 3.05) is 26.0 Å². The summed E-state index contributed by atoms with van der Waals surface area (Å²) in [5.41, 5.74) is 0.633. The van der Waals surface area contributed by atoms with Crippen LogP contribution >= 0.6 is 0 Å². The number of carbonyl (C=O) groups is 1. The molecule has 1 aliphatic rings. The third-order valence-corrected chi connectivity index (χ3v) is 4.25. The molecule has 0 saturated heterocycles. The maximum Gasteiger partial charge on any atom is 0.238 e. The molecule has 2 N–H and O–H groups in total. The van der Waals surface area contributed by atoms with Gasteiger partial charge in [-0.15, -0.1) is 0 Å². The molecule has 116 valence electrons. The highest BCUT2D eigenvalue weighted by Gasteiger charge is 2.24. The molecule has 0 aliphatic heterocycles. The van der Waals surface area contributed by atoms with Crippen molar-refractivity contribution < 1.29 is 9.18 Å². The topological polar surface area (TPSA) is 44.4 Å². The highest BCUT2D eigenvalue weighted by atomic mass is 19.1. The average molecular weight is 293 g/mol. The summed E-state index contributed by atoms with van der Waals surface area (Å²) in [4.78, 5) is 14.1. The van der Waals surface area contributed by atoms with Crippen LogP contribution in [-0.2, 0) is 4.79 Å². The normalized spacial score (nSPS) is 22.3. The fourth-order valence-electron chi connectivity index (χ4n) is 2.89. The van der Waals surface area contributed by atoms with Crippen molar-refractivity contribution in [2.24, 2.45) is 0 Å². The average Bonchev–Trinajstić information content (AvgIpc) is 2.49. The molecule has 0 unspecified atom stereocenters. The molecular weight excluding hydrogens is 269 g/mol. The molecule has 0 aromatic heterocycles. The van der Waals surface area contributed by atoms with E-state index in [4.69, 9.17) is 0 Å². The summed E-state index contributed by atoms with van der Waals surface area (Å²) < 4.78 is 12.8. The van der Waals surface area contributed by atoms with E-state index in [0.29, 0.717) is 24.3 Å². The Morgan fingerprint density at radius 3 is 2.43 bits per heavy atom. The molecule has 1 aromatic carbocycles. The number of amides is 1. The van der Waals surface area contributed by atoms with Crippen LogP contribution in [0.15, 0.2) is 24.3 Å². The number of rotatable bonds is 5. The van der Waals surface area contributed by atoms with Crippen molar-refractivity contribution >= 4 is 11.6 Å². The number of hydrogen-bond donors (Lipinski definition) is 2. The molecule has 21 heavy (non-hydrogen) atoms. The molecule has 2 rings (SSSR count). The Bertz CT molecular complexity index is 455. The van der Waals surface area contributed by atoms with Crippen LogP contribution in [-0.4, -0.2) is 43.5 Å². The summed E-state index contributed by atoms with van der Waals surface area (Å²) in [6.07, 6.45) is 4.55. The molecule has 0 radical (unpaired) electrons. The van der Waals surface area contributed by atoms with Crippen molar-refractivity contribution in [3.05, 3.63) is 30.1 Å². The molecule has 5 heteroatoms. The lowest BCUT2D eigenvalue weighted by Crippen LogP contribution is -2.42. The van der Waals surface area contributed by atoms with E-state index in [9.17, 15) is 9.18 Å². The standard InChI is InChI=1S/C16H24FN3O/c1-18-13-7-9-15(10-8-13)20(2)11-16(21)19-14-5-3-12(17)4-6-14/h3-6,13,15,18H,7-11H2,1-2H3,(H,19,21). The van der Waals surface area contributed by atoms with E-state index in [2.05, 4.69) is 15.5 Å². The Morgan fingerprint density at radius 2 is 1.86 bits per heavy atom. The van der Waals surface area contributed by atoms with Gasteiger partial charge in [0.1, 0.15) is 5.82 Å². The number of anilines is 1. The number of hydrogen-bond acceptors (Lipinski definition) is 3. The zero-order valence-electron chi connectivity index (χ0n) is 12.7. The Hall–Kier alpha value is -1.46. The molecule has 0 atom stereocenters. The molecule has 0 spiro atoms. The van der Waals surface area contributed by atoms with Gasteiger partial charge in [-0.2, -0.15) is 0 Å². The van der Waals surface area contributed by atoms with Crippen LogP contribution in [0.4, 0.5) is 10.1 Å². The van der Waals surface area contributed by atoms with Gasteiger partial charge in [0.15, 0.2) is 0 Å². The van der Waals surface area contributed by atoms with E-state index in [1.807, 2.05) is 14.1 Å². The van der Waals surface area contributed by atoms with Crippen molar-refractivity contribution in [1.29, 1.82) is 0 Å². The van der Waals surface area contributed by atoms with E-state index >= 15 is 0 Å². The summed E-state index contributed by atoms with van der Waals surface area (Å²) >= 11 is 0. The predicted molar refractivity (Wildman–Crippen MR) is 82.8 cm³/mol. The minimum Gasteiger partial charge on any atom is -0.325 e. The second-order valence-electron chi connectivity index (χ2n) is 5.76. The van der Waals surface area contributed by atoms with Gasteiger partial charge in [0.25, 0.3) is 0 Å². The first-order valence-electron chi connectivity index (χ1n) is 7.51. The minimum absolute atomic E-state index is 0.0557. The lowest BCUT2D eigenvalue weighted by Gasteiger charge is -2.34. The summed E-state index contributed by atoms with van der Waals surface area (Å²) in [6.45, 7) is 0.367. The zero-order valence-corrected chi connectivity index (χ0v) is 12.7. The van der Waals surface area contributed by atoms with Crippen LogP contribution in [0.1, 0.15) is 25.7 Å². The molecule has 0 bridgehead atoms. The third-order valence-electron chi connectivity index (χ3n) is 4.25. The smallest absolute Gasteiger partial charge is 0.238 e. The first-order chi connectivity index (χ1) is 10.1. The summed E-state index contributed by atoms with van der Waals surface area (Å²) in [7, 11) is 4.00. The fourth-order valence-corrected chi connectivity index (χ4v) is 2.89. The molecule has 1 aromatic rings. The van der Waals surface area contributed by atoms with Crippen LogP contribution in [0.5, 0.6) is 0 Å². The molecule has 0 heterocycles. The van der Waals surface area contributed by atoms with Gasteiger partial charge < -0.3 is 10.6 Å². The zero-order chi connectivity index (χ0) is 15.2. The molecule has 1 fully saturated rings. The van der Waals surface area contributed by atoms with Gasteiger partial charge in [-0.3, -0.25) is 9.69 Å². The first-order valence-corrected chi connectivity index (χ1v) is 7.51. The van der Waals surface area contributed by atoms with E-state index < -0.39 is 0 Å². The minimum atomic E-state index is -0.300. The number of halogens is 1. The number of nitrogens with one attached hydrogen (secondary N) is 2. The molecule has 1 amide bonds. The molecular formula is C16H24FN3O. The van der Waals surface area contributed by atoms with Gasteiger partial charge in [-0.1, -0.05) is 0 Å². The Kier molecular flexibility index (Phi) is 5.70. The quantitative estimate of drug-likeness (QED) is 0.875. The fraction of sp³-hybridized carbons (Fsp3) is 0.562. The van der Waals surface area contributed by atoms with Gasteiger partial charge in [-0.05, 0) is 64.0 Å². The Morgan fingerprint density at radius 1 is 1.24 bits per heavy atom. The number of benzene rings is 1. The van der Waals surface area contributed by atoms with E-state index in [1.54, 1.807) is 12.1 Å². The van der Waals surface area contributed by atoms with Gasteiger partial charge >= 0.3 is 0 Å². The molecule has 1 saturated carbocycles. The van der Waals surface area contributed by atoms with E-state index in [-0.39, 0.29) is 11.7 Å². The second-order valence-corrected chi connectivity index (χ2v) is 5.76. The molecule has 1 aliphatic carbocycles. The molecule has 4 nitrogen and oxygen atoms in total. The monoisotopic (exact) mass is 293 g/mol. The van der Waals surface area contributed by atoms with Crippen LogP contribution in [0.25, 0.3) is 0 Å². The Labute approximate surface area is 125 Å². The lowest BCUT2D eigenvalue weighted by atomic mass is 9.90. The lowest BCUT2D eigenvalue weighted by molar-refractivity contribution is -0.117. The van der Waals surface area contributed by atoms with Crippen molar-refractivity contribution in [2.45, 2.75) is 37.8 Å². The third kappa shape index (κ3) is 4.79. The summed E-state index contributed by atoms with van der Waals surface area (Å²) in [5, 5.41) is 6.11. The first kappa shape index (κ1) is 15.9. The van der Waals surface area contributed by atoms with Crippen molar-refractivity contribution in [1.82, 2.24) is 10.2 Å². The second kappa shape index (κ2) is 7.52. The van der Waals surface area contributed by atoms with Gasteiger partial charge in [-0.25, -0.2) is 4.39 Å². The van der Waals surface area contributed by atoms with Gasteiger partial charge in [0, 0.05) is 17.8 Å². The van der Waals surface area contributed by atoms with Crippen LogP contribution in [0, 0.1) is 5.82 Å². The van der Waals surface area contributed by atoms with Gasteiger partial charge in [0.05, 0.1) is 6.54 Å². The van der Waals surface area contributed by atoms with E-state index in [0.717, 1.165) is 25.7 Å². The summed E-state index contributed by atoms with van der Waals surface area (Å²) in [6, 6.07) is 6.92. The maximum atomic E-state index is 12.8. The van der Waals surface area contributed by atoms with E-state index in [1.165, 1.54) is 12.1 Å². The largest absolute Gasteiger partial charge is 0.325 e. The van der Waals surface area contributed by atoms with Crippen molar-refractivity contribution in [3.63, 3.8) is 0 Å². The number of carbonyl (C=O) groups excluding carboxylic acids is 1. The number of nitrogens with zero attached hydrogens (tertiary/aromatic N) is 1. The highest BCUT2D eigenvalue weighted by molar-refractivity contribution is 5.92. The number of likely N-dealkylation sites (N-methyl/N-ethyl adjacent to an activating group) is 1. The van der Waals surface area contributed by atoms with Crippen LogP contribution in [0.2, 0.25) is 0 Å². The van der Waals surface area contributed by atoms with Gasteiger partial charge in [0.2, 0.25) is 5.91 Å². The SMILES string of the molecule is CNC1CCC(N(C)CC(=O)Nc2ccc(F)cc2)CC1. The van der Waals surface area contributed by atoms with Crippen LogP contribution < -0.4 is 10.6 Å². The highest BCUT2D eigenvalue weighted by Crippen LogP contribution is 2.22. The predicted octanol–water partition coefficient (Wildman–Crippen LogP) is 2.23. The maximum absolute atomic E-state index is 12.8. The summed E-state index contributed by atoms with van der Waals surface area (Å²) in [5.74, 6) is -0.355. The van der Waals surface area contributed by atoms with Crippen LogP contribution in [0.3, 0.4) is 0 Å².